The van der Waals surface area contributed by atoms with Crippen LogP contribution in [-0.4, -0.2) is 47.5 Å². The molecular formula is C35H36Cl2F6O4S2. The molecular weight excluding hydrogens is 733 g/mol. The number of hydrogen-bond donors (Lipinski definition) is 2. The van der Waals surface area contributed by atoms with Gasteiger partial charge in [-0.2, -0.15) is 26.3 Å². The van der Waals surface area contributed by atoms with Crippen LogP contribution in [0.15, 0.2) is 58.1 Å². The molecule has 0 radical (unpaired) electrons. The Labute approximate surface area is 297 Å². The minimum Gasteiger partial charge on any atom is -0.380 e. The summed E-state index contributed by atoms with van der Waals surface area (Å²) in [5.74, 6) is 3.81. The topological polar surface area (TPSA) is 74.6 Å². The average molecular weight is 770 g/mol. The largest absolute Gasteiger partial charge is 0.418 e. The number of rotatable bonds is 8. The SMILES string of the molecule is C#CCC(O)(CC(C)(C)c1cccc2c1S(=O)(=O)C=C2)C(F)(F)F.C#CCC(O)(CC(C)(C)c1cccc2ccsc12)C(F)(F)F.ClCCl. The summed E-state index contributed by atoms with van der Waals surface area (Å²) >= 11 is 11.0. The summed E-state index contributed by atoms with van der Waals surface area (Å²) in [7, 11) is -3.71. The first-order chi connectivity index (χ1) is 22.4. The van der Waals surface area contributed by atoms with Crippen molar-refractivity contribution in [3.8, 4) is 24.7 Å². The van der Waals surface area contributed by atoms with Crippen molar-refractivity contribution in [3.63, 3.8) is 0 Å². The molecule has 2 atom stereocenters. The van der Waals surface area contributed by atoms with Crippen LogP contribution in [0.1, 0.15) is 70.1 Å². The Morgan fingerprint density at radius 2 is 1.22 bits per heavy atom. The molecule has 0 spiro atoms. The Hall–Kier alpha value is -2.71. The maximum Gasteiger partial charge on any atom is 0.418 e. The number of terminal acetylenes is 2. The van der Waals surface area contributed by atoms with Crippen molar-refractivity contribution in [2.45, 2.75) is 92.7 Å². The van der Waals surface area contributed by atoms with E-state index in [4.69, 9.17) is 36.0 Å². The molecule has 268 valence electrons. The highest BCUT2D eigenvalue weighted by Crippen LogP contribution is 2.47. The highest BCUT2D eigenvalue weighted by atomic mass is 35.5. The van der Waals surface area contributed by atoms with Gasteiger partial charge in [0, 0.05) is 22.9 Å². The lowest BCUT2D eigenvalue weighted by atomic mass is 9.73. The van der Waals surface area contributed by atoms with Crippen molar-refractivity contribution in [3.05, 3.63) is 69.9 Å². The minimum absolute atomic E-state index is 0.0137. The van der Waals surface area contributed by atoms with Gasteiger partial charge in [0.1, 0.15) is 0 Å². The number of hydrogen-bond acceptors (Lipinski definition) is 5. The van der Waals surface area contributed by atoms with Gasteiger partial charge in [-0.3, -0.25) is 0 Å². The third-order valence-corrected chi connectivity index (χ3v) is 10.5. The molecule has 14 heteroatoms. The molecule has 0 saturated carbocycles. The van der Waals surface area contributed by atoms with Gasteiger partial charge < -0.3 is 10.2 Å². The van der Waals surface area contributed by atoms with Crippen molar-refractivity contribution in [1.29, 1.82) is 0 Å². The summed E-state index contributed by atoms with van der Waals surface area (Å²) in [6, 6.07) is 12.1. The lowest BCUT2D eigenvalue weighted by Crippen LogP contribution is -2.49. The second kappa shape index (κ2) is 15.7. The third kappa shape index (κ3) is 9.75. The lowest BCUT2D eigenvalue weighted by Gasteiger charge is -2.37. The zero-order valence-corrected chi connectivity index (χ0v) is 30.2. The van der Waals surface area contributed by atoms with Crippen molar-refractivity contribution < 1.29 is 45.0 Å². The van der Waals surface area contributed by atoms with E-state index in [1.807, 2.05) is 41.5 Å². The summed E-state index contributed by atoms with van der Waals surface area (Å²) in [5.41, 5.74) is -6.68. The molecule has 3 aromatic rings. The van der Waals surface area contributed by atoms with E-state index in [9.17, 15) is 45.0 Å². The molecule has 1 aromatic heterocycles. The van der Waals surface area contributed by atoms with E-state index in [1.165, 1.54) is 37.3 Å². The quantitative estimate of drug-likeness (QED) is 0.136. The van der Waals surface area contributed by atoms with Crippen LogP contribution in [0.25, 0.3) is 16.2 Å². The van der Waals surface area contributed by atoms with Crippen LogP contribution in [0.5, 0.6) is 0 Å². The van der Waals surface area contributed by atoms with Crippen LogP contribution in [-0.2, 0) is 20.7 Å². The van der Waals surface area contributed by atoms with Gasteiger partial charge in [0.2, 0.25) is 9.84 Å². The molecule has 2 N–H and O–H groups in total. The summed E-state index contributed by atoms with van der Waals surface area (Å²) in [6.07, 6.45) is -1.15. The Morgan fingerprint density at radius 1 is 0.776 bits per heavy atom. The molecule has 1 aliphatic rings. The van der Waals surface area contributed by atoms with Gasteiger partial charge in [-0.05, 0) is 63.3 Å². The molecule has 4 nitrogen and oxygen atoms in total. The first-order valence-electron chi connectivity index (χ1n) is 14.5. The van der Waals surface area contributed by atoms with E-state index in [-0.39, 0.29) is 15.8 Å². The lowest BCUT2D eigenvalue weighted by molar-refractivity contribution is -0.264. The summed E-state index contributed by atoms with van der Waals surface area (Å²) in [5, 5.41) is 24.3. The minimum atomic E-state index is -4.92. The van der Waals surface area contributed by atoms with E-state index in [0.29, 0.717) is 5.56 Å². The number of benzene rings is 2. The smallest absolute Gasteiger partial charge is 0.380 e. The van der Waals surface area contributed by atoms with Gasteiger partial charge in [-0.1, -0.05) is 64.1 Å². The van der Waals surface area contributed by atoms with E-state index < -0.39 is 69.9 Å². The first kappa shape index (κ1) is 42.5. The average Bonchev–Trinajstić information content (AvgIpc) is 3.56. The predicted molar refractivity (Wildman–Crippen MR) is 185 cm³/mol. The fourth-order valence-electron chi connectivity index (χ4n) is 5.81. The number of fused-ring (bicyclic) bond motifs is 2. The van der Waals surface area contributed by atoms with Crippen molar-refractivity contribution in [2.75, 3.05) is 5.34 Å². The van der Waals surface area contributed by atoms with Gasteiger partial charge in [-0.15, -0.1) is 59.2 Å². The Morgan fingerprint density at radius 3 is 1.69 bits per heavy atom. The van der Waals surface area contributed by atoms with Gasteiger partial charge in [0.15, 0.2) is 11.2 Å². The van der Waals surface area contributed by atoms with Crippen molar-refractivity contribution in [1.82, 2.24) is 0 Å². The molecule has 2 heterocycles. The highest BCUT2D eigenvalue weighted by Gasteiger charge is 2.56. The van der Waals surface area contributed by atoms with Crippen LogP contribution in [0.3, 0.4) is 0 Å². The zero-order chi connectivity index (χ0) is 37.7. The number of halogens is 8. The van der Waals surface area contributed by atoms with Crippen LogP contribution >= 0.6 is 34.5 Å². The van der Waals surface area contributed by atoms with Crippen LogP contribution in [0.4, 0.5) is 26.3 Å². The van der Waals surface area contributed by atoms with Gasteiger partial charge in [-0.25, -0.2) is 8.42 Å². The Bertz CT molecular complexity index is 1830. The Balaban J connectivity index is 0.000000316. The second-order valence-corrected chi connectivity index (χ2v) is 16.3. The van der Waals surface area contributed by atoms with Crippen molar-refractivity contribution >= 4 is 60.5 Å². The van der Waals surface area contributed by atoms with Crippen LogP contribution < -0.4 is 0 Å². The summed E-state index contributed by atoms with van der Waals surface area (Å²) in [4.78, 5) is -0.0137. The number of aliphatic hydroxyl groups is 2. The molecule has 2 aromatic carbocycles. The normalized spacial score (nSPS) is 16.5. The van der Waals surface area contributed by atoms with E-state index in [1.54, 1.807) is 26.0 Å². The molecule has 49 heavy (non-hydrogen) atoms. The Kier molecular flexibility index (Phi) is 13.6. The molecule has 0 aliphatic carbocycles. The van der Waals surface area contributed by atoms with Crippen LogP contribution in [0.2, 0.25) is 0 Å². The van der Waals surface area contributed by atoms with Gasteiger partial charge in [0.25, 0.3) is 0 Å². The summed E-state index contributed by atoms with van der Waals surface area (Å²) in [6.45, 7) is 6.33. The van der Waals surface area contributed by atoms with E-state index in [2.05, 4.69) is 0 Å². The molecule has 0 bridgehead atoms. The highest BCUT2D eigenvalue weighted by molar-refractivity contribution is 7.94. The molecule has 4 rings (SSSR count). The standard InChI is InChI=1S/C17H17F3O3S.C17H17F3OS.CH2Cl2/c1-4-9-16(21,17(18,19)20)11-15(2,3)13-7-5-6-12-8-10-24(22,23)14(12)13;1-4-9-16(21,17(18,19)20)11-15(2,3)13-7-5-6-12-8-10-22-14(12)13;2-1-3/h1,5-8,10,21H,9,11H2,2-3H3;1,5-8,10,21H,9,11H2,2-3H3;1H2. The number of thiophene rings is 1. The maximum atomic E-state index is 13.3. The molecule has 2 unspecified atom stereocenters. The van der Waals surface area contributed by atoms with Crippen molar-refractivity contribution in [2.24, 2.45) is 0 Å². The monoisotopic (exact) mass is 768 g/mol. The molecule has 0 fully saturated rings. The van der Waals surface area contributed by atoms with Crippen LogP contribution in [0, 0.1) is 24.7 Å². The summed E-state index contributed by atoms with van der Waals surface area (Å²) < 4.78 is 105. The maximum absolute atomic E-state index is 13.3. The fourth-order valence-corrected chi connectivity index (χ4v) is 8.48. The molecule has 0 amide bonds. The third-order valence-electron chi connectivity index (χ3n) is 8.01. The molecule has 0 saturated heterocycles. The number of alkyl halides is 8. The zero-order valence-electron chi connectivity index (χ0n) is 27.0. The second-order valence-electron chi connectivity index (χ2n) is 12.8. The van der Waals surface area contributed by atoms with E-state index in [0.717, 1.165) is 21.1 Å². The predicted octanol–water partition coefficient (Wildman–Crippen LogP) is 9.74. The molecule has 1 aliphatic heterocycles. The van der Waals surface area contributed by atoms with E-state index >= 15 is 0 Å². The van der Waals surface area contributed by atoms with Gasteiger partial charge >= 0.3 is 12.4 Å². The number of sulfone groups is 1. The van der Waals surface area contributed by atoms with Gasteiger partial charge in [0.05, 0.1) is 10.2 Å². The fraction of sp³-hybridized carbons (Fsp3) is 0.429. The first-order valence-corrected chi connectivity index (χ1v) is 18.0.